The number of nitrogens with one attached hydrogen (secondary N) is 1. The van der Waals surface area contributed by atoms with Gasteiger partial charge in [-0.05, 0) is 102 Å². The van der Waals surface area contributed by atoms with Gasteiger partial charge in [-0.1, -0.05) is 167 Å². The van der Waals surface area contributed by atoms with Crippen molar-refractivity contribution in [2.24, 2.45) is 16.7 Å². The predicted molar refractivity (Wildman–Crippen MR) is 239 cm³/mol. The lowest BCUT2D eigenvalue weighted by atomic mass is 9.65. The fraction of sp³-hybridized carbons (Fsp3) is 0.740. The van der Waals surface area contributed by atoms with Gasteiger partial charge in [0.05, 0.1) is 24.7 Å². The molecule has 0 aromatic rings. The van der Waals surface area contributed by atoms with E-state index in [1.54, 1.807) is 0 Å². The van der Waals surface area contributed by atoms with Crippen LogP contribution in [0, 0.1) is 16.7 Å². The van der Waals surface area contributed by atoms with Crippen molar-refractivity contribution in [2.75, 3.05) is 26.8 Å². The number of Topliss-reactive ketones (excluding diaryl/α,β-unsaturated/α-hetero) is 1. The average Bonchev–Trinajstić information content (AvgIpc) is 3.10. The van der Waals surface area contributed by atoms with Gasteiger partial charge in [-0.2, -0.15) is 0 Å². The number of ether oxygens (including phenoxy) is 2. The van der Waals surface area contributed by atoms with Gasteiger partial charge in [0.15, 0.2) is 0 Å². The van der Waals surface area contributed by atoms with Crippen molar-refractivity contribution < 1.29 is 14.3 Å². The van der Waals surface area contributed by atoms with Gasteiger partial charge in [0.2, 0.25) is 0 Å². The minimum atomic E-state index is -0.0178. The molecule has 0 fully saturated rings. The lowest BCUT2D eigenvalue weighted by Crippen LogP contribution is -2.41. The minimum absolute atomic E-state index is 0.0178. The Balaban J connectivity index is 4.36. The largest absolute Gasteiger partial charge is 0.499 e. The van der Waals surface area contributed by atoms with E-state index in [-0.39, 0.29) is 10.8 Å². The van der Waals surface area contributed by atoms with E-state index >= 15 is 0 Å². The molecule has 0 aliphatic rings. The van der Waals surface area contributed by atoms with Crippen LogP contribution in [-0.4, -0.2) is 32.6 Å². The number of ketones is 1. The molecule has 0 atom stereocenters. The summed E-state index contributed by atoms with van der Waals surface area (Å²) in [5, 5.41) is 3.35. The first-order valence-electron chi connectivity index (χ1n) is 22.2. The highest BCUT2D eigenvalue weighted by Crippen LogP contribution is 2.41. The standard InChI is InChI=1S/C50H89NO3/c1-45(2)53-40-36-32-28-24-20-16-12-10-14-18-22-26-30-34-38-47(42-48(52)43-49(5,6)50(7,8)44-51-9)39-35-31-27-23-19-15-11-13-17-21-25-29-33-37-41-54-46(3)4/h12-13,16-17,24-25,28-29,47,51H,1,3,10-11,14-15,18-23,26-27,30-44H2,2,4-9H3/b16-12-,17-13-,28-24-,29-25-. The van der Waals surface area contributed by atoms with Crippen LogP contribution in [0.25, 0.3) is 0 Å². The first-order valence-corrected chi connectivity index (χ1v) is 22.2. The highest BCUT2D eigenvalue weighted by molar-refractivity contribution is 5.79. The summed E-state index contributed by atoms with van der Waals surface area (Å²) in [6.07, 6.45) is 46.6. The van der Waals surface area contributed by atoms with E-state index in [0.29, 0.717) is 18.1 Å². The second-order valence-corrected chi connectivity index (χ2v) is 17.2. The van der Waals surface area contributed by atoms with E-state index in [1.165, 1.54) is 103 Å². The number of hydrogen-bond donors (Lipinski definition) is 1. The van der Waals surface area contributed by atoms with Crippen LogP contribution in [0.4, 0.5) is 0 Å². The first-order chi connectivity index (χ1) is 25.9. The Kier molecular flexibility index (Phi) is 33.6. The molecule has 0 aromatic heterocycles. The zero-order valence-electron chi connectivity index (χ0n) is 36.9. The molecule has 0 saturated heterocycles. The van der Waals surface area contributed by atoms with Gasteiger partial charge in [-0.25, -0.2) is 0 Å². The Bertz CT molecular complexity index is 986. The Morgan fingerprint density at radius 3 is 1.31 bits per heavy atom. The molecule has 0 heterocycles. The third-order valence-corrected chi connectivity index (χ3v) is 11.0. The molecular weight excluding hydrogens is 663 g/mol. The van der Waals surface area contributed by atoms with Gasteiger partial charge in [-0.15, -0.1) is 0 Å². The quantitative estimate of drug-likeness (QED) is 0.0386. The fourth-order valence-corrected chi connectivity index (χ4v) is 6.87. The molecule has 0 unspecified atom stereocenters. The van der Waals surface area contributed by atoms with E-state index in [4.69, 9.17) is 9.47 Å². The van der Waals surface area contributed by atoms with E-state index in [1.807, 2.05) is 20.9 Å². The van der Waals surface area contributed by atoms with Gasteiger partial charge < -0.3 is 14.8 Å². The van der Waals surface area contributed by atoms with Gasteiger partial charge in [0.1, 0.15) is 5.78 Å². The van der Waals surface area contributed by atoms with Crippen molar-refractivity contribution in [2.45, 2.75) is 196 Å². The molecule has 0 amide bonds. The summed E-state index contributed by atoms with van der Waals surface area (Å²) in [7, 11) is 2.02. The molecule has 0 spiro atoms. The average molecular weight is 752 g/mol. The van der Waals surface area contributed by atoms with Crippen molar-refractivity contribution in [3.8, 4) is 0 Å². The molecule has 0 aromatic carbocycles. The summed E-state index contributed by atoms with van der Waals surface area (Å²) in [5.74, 6) is 2.63. The van der Waals surface area contributed by atoms with Crippen LogP contribution in [0.3, 0.4) is 0 Å². The van der Waals surface area contributed by atoms with Crippen LogP contribution in [0.1, 0.15) is 196 Å². The van der Waals surface area contributed by atoms with Crippen molar-refractivity contribution in [1.82, 2.24) is 5.32 Å². The molecule has 0 aliphatic heterocycles. The maximum atomic E-state index is 13.5. The van der Waals surface area contributed by atoms with Crippen LogP contribution >= 0.6 is 0 Å². The summed E-state index contributed by atoms with van der Waals surface area (Å²) in [5.41, 5.74) is 0.0595. The Hall–Kier alpha value is -2.33. The Morgan fingerprint density at radius 2 is 0.926 bits per heavy atom. The lowest BCUT2D eigenvalue weighted by Gasteiger charge is -2.41. The maximum Gasteiger partial charge on any atom is 0.133 e. The fourth-order valence-electron chi connectivity index (χ4n) is 6.87. The summed E-state index contributed by atoms with van der Waals surface area (Å²) >= 11 is 0. The first kappa shape index (κ1) is 51.7. The molecule has 0 aliphatic carbocycles. The van der Waals surface area contributed by atoms with E-state index < -0.39 is 0 Å². The molecule has 0 radical (unpaired) electrons. The van der Waals surface area contributed by atoms with Gasteiger partial charge >= 0.3 is 0 Å². The van der Waals surface area contributed by atoms with Crippen molar-refractivity contribution in [3.05, 3.63) is 73.3 Å². The highest BCUT2D eigenvalue weighted by Gasteiger charge is 2.38. The van der Waals surface area contributed by atoms with Crippen molar-refractivity contribution in [1.29, 1.82) is 0 Å². The van der Waals surface area contributed by atoms with Crippen molar-refractivity contribution >= 4 is 5.78 Å². The van der Waals surface area contributed by atoms with Crippen LogP contribution in [0.2, 0.25) is 0 Å². The van der Waals surface area contributed by atoms with Gasteiger partial charge in [0, 0.05) is 19.4 Å². The summed E-state index contributed by atoms with van der Waals surface area (Å²) in [4.78, 5) is 13.5. The number of carbonyl (C=O) groups is 1. The SMILES string of the molecule is C=C(C)OCCC/C=C\C/C=C\CCCCCCCCC(CCCCCCCC/C=C\C/C=C\CCCOC(=C)C)CC(=O)CC(C)(C)C(C)(C)CNC. The summed E-state index contributed by atoms with van der Waals surface area (Å²) < 4.78 is 10.8. The molecule has 4 nitrogen and oxygen atoms in total. The smallest absolute Gasteiger partial charge is 0.133 e. The molecule has 0 saturated carbocycles. The molecule has 1 N–H and O–H groups in total. The summed E-state index contributed by atoms with van der Waals surface area (Å²) in [6.45, 7) is 22.9. The second kappa shape index (κ2) is 35.1. The topological polar surface area (TPSA) is 47.6 Å². The van der Waals surface area contributed by atoms with Crippen LogP contribution in [-0.2, 0) is 14.3 Å². The minimum Gasteiger partial charge on any atom is -0.499 e. The highest BCUT2D eigenvalue weighted by atomic mass is 16.5. The van der Waals surface area contributed by atoms with Crippen LogP contribution in [0.15, 0.2) is 73.3 Å². The predicted octanol–water partition coefficient (Wildman–Crippen LogP) is 15.1. The zero-order valence-corrected chi connectivity index (χ0v) is 36.9. The second-order valence-electron chi connectivity index (χ2n) is 17.2. The number of rotatable bonds is 39. The van der Waals surface area contributed by atoms with Crippen molar-refractivity contribution in [3.63, 3.8) is 0 Å². The monoisotopic (exact) mass is 752 g/mol. The van der Waals surface area contributed by atoms with E-state index in [0.717, 1.165) is 76.2 Å². The van der Waals surface area contributed by atoms with Crippen LogP contribution in [0.5, 0.6) is 0 Å². The molecule has 54 heavy (non-hydrogen) atoms. The molecule has 0 bridgehead atoms. The van der Waals surface area contributed by atoms with Crippen LogP contribution < -0.4 is 5.32 Å². The molecule has 0 rings (SSSR count). The van der Waals surface area contributed by atoms with E-state index in [9.17, 15) is 4.79 Å². The molecule has 312 valence electrons. The van der Waals surface area contributed by atoms with Gasteiger partial charge in [0.25, 0.3) is 0 Å². The zero-order chi connectivity index (χ0) is 40.2. The molecular formula is C50H89NO3. The Morgan fingerprint density at radius 1 is 0.556 bits per heavy atom. The normalized spacial score (nSPS) is 12.7. The van der Waals surface area contributed by atoms with Gasteiger partial charge in [-0.3, -0.25) is 4.79 Å². The summed E-state index contributed by atoms with van der Waals surface area (Å²) in [6, 6.07) is 0. The number of allylic oxidation sites excluding steroid dienone is 10. The Labute approximate surface area is 336 Å². The van der Waals surface area contributed by atoms with E-state index in [2.05, 4.69) is 94.8 Å². The number of carbonyl (C=O) groups excluding carboxylic acids is 1. The third-order valence-electron chi connectivity index (χ3n) is 11.0. The maximum absolute atomic E-state index is 13.5. The number of hydrogen-bond acceptors (Lipinski definition) is 4. The lowest BCUT2D eigenvalue weighted by molar-refractivity contribution is -0.123. The number of unbranched alkanes of at least 4 members (excludes halogenated alkanes) is 14. The molecule has 4 heteroatoms. The third kappa shape index (κ3) is 33.0.